The number of benzene rings is 2. The van der Waals surface area contributed by atoms with E-state index in [1.807, 2.05) is 31.6 Å². The number of likely N-dealkylation sites (tertiary alicyclic amines) is 1. The average Bonchev–Trinajstić information content (AvgIpc) is 3.34. The lowest BCUT2D eigenvalue weighted by Crippen LogP contribution is -2.38. The summed E-state index contributed by atoms with van der Waals surface area (Å²) >= 11 is 0. The summed E-state index contributed by atoms with van der Waals surface area (Å²) in [6, 6.07) is 12.9. The maximum Gasteiger partial charge on any atom is 0.254 e. The number of aryl methyl sites for hydroxylation is 2. The van der Waals surface area contributed by atoms with E-state index in [1.165, 1.54) is 19.3 Å². The van der Waals surface area contributed by atoms with E-state index < -0.39 is 0 Å². The van der Waals surface area contributed by atoms with Crippen molar-refractivity contribution < 1.29 is 14.3 Å². The molecule has 2 aliphatic carbocycles. The Bertz CT molecular complexity index is 1980. The van der Waals surface area contributed by atoms with Gasteiger partial charge < -0.3 is 24.5 Å². The predicted octanol–water partition coefficient (Wildman–Crippen LogP) is 5.22. The SMILES string of the molecule is COc1cc(C(=O)N2CC3CCC2[C@@H]3C)cc2nc(-c3cc4ccc(-c5cnn(CCC(N)=O)c5)cc4n3CC3CC3)n(C)c12. The molecule has 2 aromatic carbocycles. The fourth-order valence-corrected chi connectivity index (χ4v) is 7.76. The summed E-state index contributed by atoms with van der Waals surface area (Å²) in [5.41, 5.74) is 11.9. The van der Waals surface area contributed by atoms with Crippen molar-refractivity contribution in [1.29, 1.82) is 0 Å². The first kappa shape index (κ1) is 27.9. The van der Waals surface area contributed by atoms with Crippen LogP contribution in [0.4, 0.5) is 0 Å². The van der Waals surface area contributed by atoms with Crippen molar-refractivity contribution in [1.82, 2.24) is 28.8 Å². The highest BCUT2D eigenvalue weighted by atomic mass is 16.5. The standard InChI is InChI=1S/C35H39N7O3/c1-20-24-8-9-28(20)42(19-24)35(44)25-12-27-33(31(15-25)45-3)39(2)34(38-27)30-14-23-7-6-22(13-29(23)41(30)17-21-4-5-21)26-16-37-40(18-26)11-10-32(36)43/h6-7,12-16,18,20-21,24,28H,4-5,8-11,17,19H2,1-3H3,(H2,36,43)/t20-,24?,28?/m1/s1. The molecule has 2 saturated carbocycles. The first-order valence-electron chi connectivity index (χ1n) is 16.1. The molecular formula is C35H39N7O3. The lowest BCUT2D eigenvalue weighted by atomic mass is 10.0. The molecule has 10 nitrogen and oxygen atoms in total. The van der Waals surface area contributed by atoms with Gasteiger partial charge in [-0.15, -0.1) is 0 Å². The highest BCUT2D eigenvalue weighted by molar-refractivity contribution is 6.00. The molecule has 5 aromatic rings. The summed E-state index contributed by atoms with van der Waals surface area (Å²) in [4.78, 5) is 32.3. The minimum Gasteiger partial charge on any atom is -0.494 e. The van der Waals surface area contributed by atoms with Gasteiger partial charge in [-0.3, -0.25) is 14.3 Å². The number of fused-ring (bicyclic) bond motifs is 4. The molecular weight excluding hydrogens is 566 g/mol. The minimum atomic E-state index is -0.339. The van der Waals surface area contributed by atoms with Crippen LogP contribution < -0.4 is 10.5 Å². The van der Waals surface area contributed by atoms with Crippen LogP contribution in [0, 0.1) is 17.8 Å². The van der Waals surface area contributed by atoms with E-state index in [-0.39, 0.29) is 18.2 Å². The molecule has 2 bridgehead atoms. The Balaban J connectivity index is 1.19. The number of methoxy groups -OCH3 is 1. The van der Waals surface area contributed by atoms with E-state index >= 15 is 0 Å². The summed E-state index contributed by atoms with van der Waals surface area (Å²) in [5.74, 6) is 3.07. The normalized spacial score (nSPS) is 21.0. The van der Waals surface area contributed by atoms with E-state index in [4.69, 9.17) is 15.5 Å². The minimum absolute atomic E-state index is 0.0785. The van der Waals surface area contributed by atoms with E-state index in [1.54, 1.807) is 11.8 Å². The molecule has 2 amide bonds. The first-order chi connectivity index (χ1) is 21.8. The van der Waals surface area contributed by atoms with Crippen molar-refractivity contribution in [3.05, 3.63) is 54.4 Å². The van der Waals surface area contributed by atoms with Gasteiger partial charge in [-0.1, -0.05) is 19.1 Å². The number of rotatable bonds is 9. The Morgan fingerprint density at radius 1 is 1.07 bits per heavy atom. The highest BCUT2D eigenvalue weighted by Gasteiger charge is 2.46. The summed E-state index contributed by atoms with van der Waals surface area (Å²) in [5, 5.41) is 5.58. The van der Waals surface area contributed by atoms with E-state index in [9.17, 15) is 9.59 Å². The zero-order valence-corrected chi connectivity index (χ0v) is 26.1. The lowest BCUT2D eigenvalue weighted by molar-refractivity contribution is -0.118. The number of nitrogens with zero attached hydrogens (tertiary/aromatic N) is 6. The van der Waals surface area contributed by atoms with Crippen molar-refractivity contribution >= 4 is 33.8 Å². The monoisotopic (exact) mass is 605 g/mol. The molecule has 0 spiro atoms. The molecule has 3 aliphatic rings. The van der Waals surface area contributed by atoms with Crippen molar-refractivity contribution in [3.8, 4) is 28.4 Å². The molecule has 10 heteroatoms. The lowest BCUT2D eigenvalue weighted by Gasteiger charge is -2.27. The molecule has 8 rings (SSSR count). The van der Waals surface area contributed by atoms with Gasteiger partial charge in [0, 0.05) is 67.4 Å². The smallest absolute Gasteiger partial charge is 0.254 e. The van der Waals surface area contributed by atoms with Crippen LogP contribution in [0.2, 0.25) is 0 Å². The topological polar surface area (TPSA) is 113 Å². The van der Waals surface area contributed by atoms with E-state index in [0.717, 1.165) is 64.1 Å². The number of imidazole rings is 1. The second kappa shape index (κ2) is 10.5. The quantitative estimate of drug-likeness (QED) is 0.248. The first-order valence-corrected chi connectivity index (χ1v) is 16.1. The molecule has 3 aromatic heterocycles. The molecule has 0 radical (unpaired) electrons. The van der Waals surface area contributed by atoms with E-state index in [2.05, 4.69) is 50.3 Å². The Hall–Kier alpha value is -4.60. The zero-order valence-electron chi connectivity index (χ0n) is 26.1. The molecule has 1 aliphatic heterocycles. The maximum absolute atomic E-state index is 13.8. The molecule has 2 unspecified atom stereocenters. The Morgan fingerprint density at radius 2 is 1.91 bits per heavy atom. The Morgan fingerprint density at radius 3 is 2.62 bits per heavy atom. The number of primary amides is 1. The van der Waals surface area contributed by atoms with Gasteiger partial charge >= 0.3 is 0 Å². The van der Waals surface area contributed by atoms with Crippen LogP contribution in [0.3, 0.4) is 0 Å². The summed E-state index contributed by atoms with van der Waals surface area (Å²) in [6.45, 7) is 4.51. The molecule has 3 atom stereocenters. The largest absolute Gasteiger partial charge is 0.494 e. The number of carbonyl (C=O) groups excluding carboxylic acids is 2. The Labute approximate surface area is 261 Å². The van der Waals surface area contributed by atoms with Gasteiger partial charge in [0.2, 0.25) is 5.91 Å². The van der Waals surface area contributed by atoms with Gasteiger partial charge in [0.15, 0.2) is 5.82 Å². The second-order valence-electron chi connectivity index (χ2n) is 13.3. The van der Waals surface area contributed by atoms with Gasteiger partial charge in [-0.2, -0.15) is 5.10 Å². The second-order valence-corrected chi connectivity index (χ2v) is 13.3. The number of aromatic nitrogens is 5. The fourth-order valence-electron chi connectivity index (χ4n) is 7.76. The number of hydrogen-bond donors (Lipinski definition) is 1. The molecule has 3 fully saturated rings. The van der Waals surface area contributed by atoms with Crippen LogP contribution in [0.15, 0.2) is 48.8 Å². The van der Waals surface area contributed by atoms with Crippen LogP contribution in [0.1, 0.15) is 49.4 Å². The number of ether oxygens (including phenoxy) is 1. The van der Waals surface area contributed by atoms with Gasteiger partial charge in [0.1, 0.15) is 11.3 Å². The van der Waals surface area contributed by atoms with Crippen molar-refractivity contribution in [2.75, 3.05) is 13.7 Å². The van der Waals surface area contributed by atoms with E-state index in [0.29, 0.717) is 41.7 Å². The maximum atomic E-state index is 13.8. The number of nitrogens with two attached hydrogens (primary N) is 1. The van der Waals surface area contributed by atoms with Crippen LogP contribution in [0.25, 0.3) is 44.6 Å². The summed E-state index contributed by atoms with van der Waals surface area (Å²) in [7, 11) is 3.69. The van der Waals surface area contributed by atoms with Crippen LogP contribution >= 0.6 is 0 Å². The summed E-state index contributed by atoms with van der Waals surface area (Å²) in [6.07, 6.45) is 8.82. The third kappa shape index (κ3) is 4.69. The molecule has 4 heterocycles. The van der Waals surface area contributed by atoms with Gasteiger partial charge in [-0.05, 0) is 73.3 Å². The number of carbonyl (C=O) groups is 2. The van der Waals surface area contributed by atoms with Crippen molar-refractivity contribution in [2.24, 2.45) is 30.5 Å². The molecule has 232 valence electrons. The molecule has 45 heavy (non-hydrogen) atoms. The summed E-state index contributed by atoms with van der Waals surface area (Å²) < 4.78 is 12.1. The zero-order chi connectivity index (χ0) is 31.0. The van der Waals surface area contributed by atoms with Crippen molar-refractivity contribution in [3.63, 3.8) is 0 Å². The third-order valence-electron chi connectivity index (χ3n) is 10.5. The average molecular weight is 606 g/mol. The highest BCUT2D eigenvalue weighted by Crippen LogP contribution is 2.44. The third-order valence-corrected chi connectivity index (χ3v) is 10.5. The van der Waals surface area contributed by atoms with Gasteiger partial charge in [0.05, 0.1) is 24.5 Å². The number of hydrogen-bond acceptors (Lipinski definition) is 5. The van der Waals surface area contributed by atoms with Gasteiger partial charge in [0.25, 0.3) is 5.91 Å². The molecule has 2 N–H and O–H groups in total. The number of piperidine rings is 1. The van der Waals surface area contributed by atoms with Crippen molar-refractivity contribution in [2.45, 2.75) is 58.2 Å². The Kier molecular flexibility index (Phi) is 6.51. The van der Waals surface area contributed by atoms with Gasteiger partial charge in [-0.25, -0.2) is 4.98 Å². The van der Waals surface area contributed by atoms with Crippen LogP contribution in [-0.4, -0.2) is 60.3 Å². The molecule has 1 saturated heterocycles. The predicted molar refractivity (Wildman–Crippen MR) is 173 cm³/mol. The van der Waals surface area contributed by atoms with Crippen LogP contribution in [-0.2, 0) is 24.9 Å². The number of amides is 2. The van der Waals surface area contributed by atoms with Crippen LogP contribution in [0.5, 0.6) is 5.75 Å². The fraction of sp³-hybridized carbons (Fsp3) is 0.429.